The van der Waals surface area contributed by atoms with Crippen molar-refractivity contribution in [2.24, 2.45) is 7.05 Å². The Morgan fingerprint density at radius 3 is 2.64 bits per heavy atom. The molecule has 0 spiro atoms. The van der Waals surface area contributed by atoms with E-state index in [1.807, 2.05) is 6.92 Å². The molecule has 1 amide bonds. The quantitative estimate of drug-likeness (QED) is 0.870. The lowest BCUT2D eigenvalue weighted by atomic mass is 10.1. The lowest BCUT2D eigenvalue weighted by Crippen LogP contribution is -2.27. The number of nitrogens with zero attached hydrogens (tertiary/aromatic N) is 3. The Labute approximate surface area is 146 Å². The summed E-state index contributed by atoms with van der Waals surface area (Å²) in [6, 6.07) is 0.888. The van der Waals surface area contributed by atoms with Gasteiger partial charge in [0.1, 0.15) is 5.02 Å². The summed E-state index contributed by atoms with van der Waals surface area (Å²) in [6.45, 7) is 2.15. The molecule has 0 aliphatic heterocycles. The molecule has 1 N–H and O–H groups in total. The fourth-order valence-corrected chi connectivity index (χ4v) is 2.33. The number of hydrogen-bond acceptors (Lipinski definition) is 4. The molecule has 0 aliphatic rings. The molecule has 2 aromatic heterocycles. The van der Waals surface area contributed by atoms with Crippen molar-refractivity contribution < 1.29 is 22.7 Å². The van der Waals surface area contributed by atoms with E-state index in [2.05, 4.69) is 20.1 Å². The lowest BCUT2D eigenvalue weighted by molar-refractivity contribution is -0.154. The average molecular weight is 377 g/mol. The molecule has 0 radical (unpaired) electrons. The number of pyridine rings is 1. The molecule has 2 rings (SSSR count). The second-order valence-corrected chi connectivity index (χ2v) is 5.83. The smallest absolute Gasteiger partial charge is 0.422 e. The maximum atomic E-state index is 12.3. The van der Waals surface area contributed by atoms with Crippen molar-refractivity contribution in [2.75, 3.05) is 6.61 Å². The molecule has 0 aliphatic carbocycles. The Morgan fingerprint density at radius 1 is 1.44 bits per heavy atom. The minimum Gasteiger partial charge on any atom is -0.467 e. The third-order valence-corrected chi connectivity index (χ3v) is 3.80. The summed E-state index contributed by atoms with van der Waals surface area (Å²) in [4.78, 5) is 15.9. The van der Waals surface area contributed by atoms with Crippen molar-refractivity contribution in [2.45, 2.75) is 26.1 Å². The van der Waals surface area contributed by atoms with E-state index in [0.29, 0.717) is 0 Å². The topological polar surface area (TPSA) is 69.0 Å². The van der Waals surface area contributed by atoms with Crippen molar-refractivity contribution in [1.82, 2.24) is 20.1 Å². The molecule has 0 saturated heterocycles. The van der Waals surface area contributed by atoms with Gasteiger partial charge in [-0.2, -0.15) is 18.3 Å². The molecule has 2 heterocycles. The minimum absolute atomic E-state index is 0.109. The third-order valence-electron chi connectivity index (χ3n) is 3.53. The van der Waals surface area contributed by atoms with Crippen LogP contribution in [0.25, 0.3) is 0 Å². The van der Waals surface area contributed by atoms with Gasteiger partial charge < -0.3 is 10.1 Å². The summed E-state index contributed by atoms with van der Waals surface area (Å²) in [5.41, 5.74) is 1.86. The molecule has 1 atom stereocenters. The number of hydrogen-bond donors (Lipinski definition) is 1. The van der Waals surface area contributed by atoms with Crippen molar-refractivity contribution >= 4 is 17.5 Å². The maximum Gasteiger partial charge on any atom is 0.422 e. The monoisotopic (exact) mass is 376 g/mol. The van der Waals surface area contributed by atoms with Crippen molar-refractivity contribution in [1.29, 1.82) is 0 Å². The van der Waals surface area contributed by atoms with Gasteiger partial charge in [0.05, 0.1) is 17.8 Å². The molecule has 0 saturated carbocycles. The van der Waals surface area contributed by atoms with Crippen LogP contribution in [0, 0.1) is 6.92 Å². The number of ether oxygens (including phenoxy) is 1. The highest BCUT2D eigenvalue weighted by atomic mass is 35.5. The molecular weight excluding hydrogens is 361 g/mol. The molecule has 2 aromatic rings. The number of carbonyl (C=O) groups excluding carboxylic acids is 1. The van der Waals surface area contributed by atoms with Gasteiger partial charge in [-0.3, -0.25) is 9.48 Å². The van der Waals surface area contributed by atoms with Crippen molar-refractivity contribution in [3.63, 3.8) is 0 Å². The van der Waals surface area contributed by atoms with Gasteiger partial charge in [0.2, 0.25) is 5.88 Å². The Kier molecular flexibility index (Phi) is 5.56. The molecule has 0 fully saturated rings. The predicted molar refractivity (Wildman–Crippen MR) is 84.6 cm³/mol. The lowest BCUT2D eigenvalue weighted by Gasteiger charge is -2.14. The van der Waals surface area contributed by atoms with Crippen LogP contribution in [0.1, 0.15) is 34.6 Å². The fraction of sp³-hybridized carbons (Fsp3) is 0.400. The van der Waals surface area contributed by atoms with E-state index < -0.39 is 18.7 Å². The number of nitrogens with one attached hydrogen (secondary N) is 1. The van der Waals surface area contributed by atoms with Gasteiger partial charge >= 0.3 is 6.18 Å². The van der Waals surface area contributed by atoms with Gasteiger partial charge in [-0.05, 0) is 19.9 Å². The number of aromatic nitrogens is 3. The second kappa shape index (κ2) is 7.30. The van der Waals surface area contributed by atoms with Gasteiger partial charge in [-0.1, -0.05) is 11.6 Å². The van der Waals surface area contributed by atoms with Crippen LogP contribution in [0.5, 0.6) is 5.88 Å². The number of alkyl halides is 3. The third kappa shape index (κ3) is 4.85. The first-order valence-electron chi connectivity index (χ1n) is 7.23. The zero-order valence-corrected chi connectivity index (χ0v) is 14.4. The van der Waals surface area contributed by atoms with Crippen molar-refractivity contribution in [3.05, 3.63) is 40.3 Å². The molecule has 6 nitrogen and oxygen atoms in total. The SMILES string of the molecule is Cc1c(C(C)NC(=O)c2cnc(OCC(F)(F)F)c(Cl)c2)cnn1C. The second-order valence-electron chi connectivity index (χ2n) is 5.42. The highest BCUT2D eigenvalue weighted by Crippen LogP contribution is 2.25. The standard InChI is InChI=1S/C15H16ClF3N4O2/c1-8(11-6-21-23(3)9(11)2)22-13(24)10-4-12(16)14(20-5-10)25-7-15(17,18)19/h4-6,8H,7H2,1-3H3,(H,22,24). The van der Waals surface area contributed by atoms with E-state index in [9.17, 15) is 18.0 Å². The molecule has 25 heavy (non-hydrogen) atoms. The summed E-state index contributed by atoms with van der Waals surface area (Å²) < 4.78 is 42.6. The van der Waals surface area contributed by atoms with Gasteiger partial charge in [0, 0.05) is 24.5 Å². The summed E-state index contributed by atoms with van der Waals surface area (Å²) in [6.07, 6.45) is -1.74. The first-order valence-corrected chi connectivity index (χ1v) is 7.60. The minimum atomic E-state index is -4.50. The largest absolute Gasteiger partial charge is 0.467 e. The zero-order chi connectivity index (χ0) is 18.8. The normalized spacial score (nSPS) is 12.8. The van der Waals surface area contributed by atoms with Gasteiger partial charge in [-0.15, -0.1) is 0 Å². The van der Waals surface area contributed by atoms with E-state index >= 15 is 0 Å². The van der Waals surface area contributed by atoms with E-state index in [1.54, 1.807) is 24.9 Å². The van der Waals surface area contributed by atoms with Gasteiger partial charge in [0.25, 0.3) is 5.91 Å². The predicted octanol–water partition coefficient (Wildman–Crippen LogP) is 3.21. The summed E-state index contributed by atoms with van der Waals surface area (Å²) >= 11 is 5.84. The number of amides is 1. The average Bonchev–Trinajstić information content (AvgIpc) is 2.84. The molecule has 1 unspecified atom stereocenters. The van der Waals surface area contributed by atoms with Crippen LogP contribution >= 0.6 is 11.6 Å². The van der Waals surface area contributed by atoms with E-state index in [1.165, 1.54) is 6.07 Å². The molecule has 10 heteroatoms. The first kappa shape index (κ1) is 19.0. The Bertz CT molecular complexity index is 777. The molecule has 136 valence electrons. The summed E-state index contributed by atoms with van der Waals surface area (Å²) in [5.74, 6) is -0.848. The van der Waals surface area contributed by atoms with Crippen LogP contribution < -0.4 is 10.1 Å². The number of aryl methyl sites for hydroxylation is 1. The van der Waals surface area contributed by atoms with Crippen LogP contribution in [0.4, 0.5) is 13.2 Å². The number of carbonyl (C=O) groups is 1. The van der Waals surface area contributed by atoms with Crippen LogP contribution in [0.3, 0.4) is 0 Å². The zero-order valence-electron chi connectivity index (χ0n) is 13.7. The van der Waals surface area contributed by atoms with E-state index in [4.69, 9.17) is 11.6 Å². The first-order chi connectivity index (χ1) is 11.6. The van der Waals surface area contributed by atoms with E-state index in [-0.39, 0.29) is 22.5 Å². The van der Waals surface area contributed by atoms with Crippen LogP contribution in [-0.2, 0) is 7.05 Å². The molecule has 0 aromatic carbocycles. The Morgan fingerprint density at radius 2 is 2.12 bits per heavy atom. The van der Waals surface area contributed by atoms with Crippen molar-refractivity contribution in [3.8, 4) is 5.88 Å². The fourth-order valence-electron chi connectivity index (χ4n) is 2.10. The van der Waals surface area contributed by atoms with Crippen LogP contribution in [0.15, 0.2) is 18.5 Å². The number of halogens is 4. The van der Waals surface area contributed by atoms with Crippen LogP contribution in [-0.4, -0.2) is 33.5 Å². The van der Waals surface area contributed by atoms with Crippen LogP contribution in [0.2, 0.25) is 5.02 Å². The summed E-state index contributed by atoms with van der Waals surface area (Å²) in [7, 11) is 1.79. The Hall–Kier alpha value is -2.29. The highest BCUT2D eigenvalue weighted by molar-refractivity contribution is 6.32. The number of rotatable bonds is 5. The highest BCUT2D eigenvalue weighted by Gasteiger charge is 2.29. The Balaban J connectivity index is 2.07. The summed E-state index contributed by atoms with van der Waals surface area (Å²) in [5, 5.41) is 6.69. The van der Waals surface area contributed by atoms with Gasteiger partial charge in [0.15, 0.2) is 6.61 Å². The van der Waals surface area contributed by atoms with Gasteiger partial charge in [-0.25, -0.2) is 4.98 Å². The molecular formula is C15H16ClF3N4O2. The molecule has 0 bridgehead atoms. The maximum absolute atomic E-state index is 12.3. The van der Waals surface area contributed by atoms with E-state index in [0.717, 1.165) is 17.5 Å².